The van der Waals surface area contributed by atoms with Crippen molar-refractivity contribution in [2.75, 3.05) is 51.7 Å². The van der Waals surface area contributed by atoms with Gasteiger partial charge in [0, 0.05) is 49.3 Å². The summed E-state index contributed by atoms with van der Waals surface area (Å²) in [5, 5.41) is 4.21. The van der Waals surface area contributed by atoms with Gasteiger partial charge >= 0.3 is 0 Å². The molecule has 0 aromatic carbocycles. The van der Waals surface area contributed by atoms with E-state index in [9.17, 15) is 0 Å². The fourth-order valence-electron chi connectivity index (χ4n) is 3.42. The number of morpholine rings is 1. The lowest BCUT2D eigenvalue weighted by Crippen LogP contribution is -2.51. The number of thioether (sulfide) groups is 1. The molecule has 2 fully saturated rings. The normalized spacial score (nSPS) is 28.2. The molecule has 0 saturated carbocycles. The van der Waals surface area contributed by atoms with Crippen molar-refractivity contribution >= 4 is 17.7 Å². The maximum Gasteiger partial charge on any atom is 0.194 e. The number of nitrogens with zero attached hydrogens (tertiary/aromatic N) is 3. The zero-order valence-corrected chi connectivity index (χ0v) is 16.9. The number of rotatable bonds is 5. The smallest absolute Gasteiger partial charge is 0.194 e. The van der Waals surface area contributed by atoms with Crippen molar-refractivity contribution in [2.24, 2.45) is 10.9 Å². The molecule has 2 heterocycles. The van der Waals surface area contributed by atoms with E-state index in [0.717, 1.165) is 51.9 Å². The standard InChI is InChI=1S/C18H36N4OS/c1-6-19-18(21-8-10-24-17(12-21)14(2)3)20-11-15(4)22-7-9-23-13-16(22)5/h14-17H,6-13H2,1-5H3,(H,19,20). The van der Waals surface area contributed by atoms with E-state index in [-0.39, 0.29) is 0 Å². The fourth-order valence-corrected chi connectivity index (χ4v) is 4.71. The van der Waals surface area contributed by atoms with Crippen LogP contribution in [0.2, 0.25) is 0 Å². The molecule has 3 atom stereocenters. The summed E-state index contributed by atoms with van der Waals surface area (Å²) in [7, 11) is 0. The SMILES string of the molecule is CCNC(=NCC(C)N1CCOCC1C)N1CCSC(C(C)C)C1. The van der Waals surface area contributed by atoms with Crippen LogP contribution in [0.25, 0.3) is 0 Å². The van der Waals surface area contributed by atoms with E-state index < -0.39 is 0 Å². The highest BCUT2D eigenvalue weighted by atomic mass is 32.2. The van der Waals surface area contributed by atoms with E-state index in [4.69, 9.17) is 9.73 Å². The molecule has 2 saturated heterocycles. The average Bonchev–Trinajstić information content (AvgIpc) is 2.58. The second-order valence-corrected chi connectivity index (χ2v) is 8.65. The second-order valence-electron chi connectivity index (χ2n) is 7.30. The van der Waals surface area contributed by atoms with Crippen LogP contribution in [0.4, 0.5) is 0 Å². The van der Waals surface area contributed by atoms with Crippen molar-refractivity contribution in [3.8, 4) is 0 Å². The number of guanidine groups is 1. The van der Waals surface area contributed by atoms with Crippen LogP contribution in [-0.2, 0) is 4.74 Å². The number of ether oxygens (including phenoxy) is 1. The molecule has 0 aliphatic carbocycles. The van der Waals surface area contributed by atoms with E-state index >= 15 is 0 Å². The minimum atomic E-state index is 0.456. The Morgan fingerprint density at radius 2 is 2.12 bits per heavy atom. The van der Waals surface area contributed by atoms with Gasteiger partial charge in [0.15, 0.2) is 5.96 Å². The summed E-state index contributed by atoms with van der Waals surface area (Å²) < 4.78 is 5.56. The Morgan fingerprint density at radius 3 is 2.79 bits per heavy atom. The van der Waals surface area contributed by atoms with Gasteiger partial charge in [0.05, 0.1) is 19.8 Å². The van der Waals surface area contributed by atoms with E-state index in [1.807, 2.05) is 0 Å². The minimum absolute atomic E-state index is 0.456. The summed E-state index contributed by atoms with van der Waals surface area (Å²) in [6.45, 7) is 18.0. The summed E-state index contributed by atoms with van der Waals surface area (Å²) in [5.74, 6) is 3.01. The van der Waals surface area contributed by atoms with Crippen LogP contribution in [0.15, 0.2) is 4.99 Å². The van der Waals surface area contributed by atoms with Crippen LogP contribution in [0.1, 0.15) is 34.6 Å². The van der Waals surface area contributed by atoms with E-state index in [1.165, 1.54) is 5.75 Å². The Labute approximate surface area is 152 Å². The molecule has 0 spiro atoms. The third-order valence-electron chi connectivity index (χ3n) is 4.96. The predicted octanol–water partition coefficient (Wildman–Crippen LogP) is 2.13. The third kappa shape index (κ3) is 5.53. The van der Waals surface area contributed by atoms with Gasteiger partial charge in [0.2, 0.25) is 0 Å². The van der Waals surface area contributed by atoms with E-state index in [0.29, 0.717) is 23.3 Å². The summed E-state index contributed by atoms with van der Waals surface area (Å²) in [6.07, 6.45) is 0. The van der Waals surface area contributed by atoms with Crippen LogP contribution in [0.5, 0.6) is 0 Å². The average molecular weight is 357 g/mol. The van der Waals surface area contributed by atoms with E-state index in [1.54, 1.807) is 0 Å². The van der Waals surface area contributed by atoms with Gasteiger partial charge in [-0.05, 0) is 26.7 Å². The highest BCUT2D eigenvalue weighted by Crippen LogP contribution is 2.25. The molecule has 24 heavy (non-hydrogen) atoms. The van der Waals surface area contributed by atoms with Crippen LogP contribution in [0.3, 0.4) is 0 Å². The number of aliphatic imine (C=N–C) groups is 1. The Morgan fingerprint density at radius 1 is 1.33 bits per heavy atom. The van der Waals surface area contributed by atoms with Crippen molar-refractivity contribution in [1.82, 2.24) is 15.1 Å². The molecule has 0 aromatic heterocycles. The first-order valence-electron chi connectivity index (χ1n) is 9.51. The summed E-state index contributed by atoms with van der Waals surface area (Å²) >= 11 is 2.11. The summed E-state index contributed by atoms with van der Waals surface area (Å²) in [6, 6.07) is 0.945. The van der Waals surface area contributed by atoms with Crippen LogP contribution < -0.4 is 5.32 Å². The maximum absolute atomic E-state index is 5.56. The lowest BCUT2D eigenvalue weighted by Gasteiger charge is -2.38. The zero-order chi connectivity index (χ0) is 17.5. The molecule has 1 N–H and O–H groups in total. The van der Waals surface area contributed by atoms with Crippen molar-refractivity contribution in [1.29, 1.82) is 0 Å². The van der Waals surface area contributed by atoms with Gasteiger partial charge < -0.3 is 15.0 Å². The predicted molar refractivity (Wildman–Crippen MR) is 105 cm³/mol. The largest absolute Gasteiger partial charge is 0.379 e. The Bertz CT molecular complexity index is 404. The number of hydrogen-bond acceptors (Lipinski definition) is 4. The molecular weight excluding hydrogens is 320 g/mol. The first-order chi connectivity index (χ1) is 11.5. The van der Waals surface area contributed by atoms with Crippen LogP contribution >= 0.6 is 11.8 Å². The van der Waals surface area contributed by atoms with Crippen LogP contribution in [0, 0.1) is 5.92 Å². The highest BCUT2D eigenvalue weighted by molar-refractivity contribution is 8.00. The molecule has 2 rings (SSSR count). The zero-order valence-electron chi connectivity index (χ0n) is 16.1. The van der Waals surface area contributed by atoms with Gasteiger partial charge in [-0.1, -0.05) is 13.8 Å². The highest BCUT2D eigenvalue weighted by Gasteiger charge is 2.26. The lowest BCUT2D eigenvalue weighted by molar-refractivity contribution is -0.0166. The monoisotopic (exact) mass is 356 g/mol. The van der Waals surface area contributed by atoms with E-state index in [2.05, 4.69) is 61.5 Å². The third-order valence-corrected chi connectivity index (χ3v) is 6.50. The van der Waals surface area contributed by atoms with Gasteiger partial charge in [-0.2, -0.15) is 11.8 Å². The van der Waals surface area contributed by atoms with Crippen molar-refractivity contribution in [3.63, 3.8) is 0 Å². The molecule has 5 nitrogen and oxygen atoms in total. The molecule has 3 unspecified atom stereocenters. The number of nitrogens with one attached hydrogen (secondary N) is 1. The van der Waals surface area contributed by atoms with Crippen molar-refractivity contribution in [3.05, 3.63) is 0 Å². The quantitative estimate of drug-likeness (QED) is 0.604. The van der Waals surface area contributed by atoms with Gasteiger partial charge in [-0.25, -0.2) is 0 Å². The van der Waals surface area contributed by atoms with Gasteiger partial charge in [-0.15, -0.1) is 0 Å². The Hall–Kier alpha value is -0.460. The molecule has 2 aliphatic rings. The first-order valence-corrected chi connectivity index (χ1v) is 10.6. The van der Waals surface area contributed by atoms with Gasteiger partial charge in [0.25, 0.3) is 0 Å². The molecule has 6 heteroatoms. The summed E-state index contributed by atoms with van der Waals surface area (Å²) in [4.78, 5) is 9.97. The van der Waals surface area contributed by atoms with Gasteiger partial charge in [-0.3, -0.25) is 9.89 Å². The fraction of sp³-hybridized carbons (Fsp3) is 0.944. The molecule has 2 aliphatic heterocycles. The topological polar surface area (TPSA) is 40.1 Å². The number of hydrogen-bond donors (Lipinski definition) is 1. The van der Waals surface area contributed by atoms with Crippen molar-refractivity contribution < 1.29 is 4.74 Å². The molecule has 0 aromatic rings. The lowest BCUT2D eigenvalue weighted by atomic mass is 10.1. The Kier molecular flexibility index (Phi) is 8.17. The van der Waals surface area contributed by atoms with Crippen molar-refractivity contribution in [2.45, 2.75) is 52.0 Å². The molecule has 0 radical (unpaired) electrons. The van der Waals surface area contributed by atoms with Crippen LogP contribution in [-0.4, -0.2) is 84.8 Å². The molecule has 0 bridgehead atoms. The molecular formula is C18H36N4OS. The molecule has 140 valence electrons. The molecule has 0 amide bonds. The maximum atomic E-state index is 5.56. The second kappa shape index (κ2) is 9.88. The summed E-state index contributed by atoms with van der Waals surface area (Å²) in [5.41, 5.74) is 0. The minimum Gasteiger partial charge on any atom is -0.379 e. The first kappa shape index (κ1) is 19.9. The Balaban J connectivity index is 1.96. The van der Waals surface area contributed by atoms with Gasteiger partial charge in [0.1, 0.15) is 0 Å².